The Labute approximate surface area is 133 Å². The minimum atomic E-state index is 0.661. The summed E-state index contributed by atoms with van der Waals surface area (Å²) < 4.78 is 0. The molecule has 1 heterocycles. The van der Waals surface area contributed by atoms with Crippen LogP contribution in [0.4, 0.5) is 11.4 Å². The number of nitrogen functional groups attached to an aromatic ring is 1. The van der Waals surface area contributed by atoms with Gasteiger partial charge in [0.2, 0.25) is 0 Å². The second-order valence-electron chi connectivity index (χ2n) is 4.91. The number of aromatic amines is 1. The summed E-state index contributed by atoms with van der Waals surface area (Å²) in [4.78, 5) is 4.48. The van der Waals surface area contributed by atoms with Crippen molar-refractivity contribution in [2.45, 2.75) is 6.42 Å². The number of nitrogens with two attached hydrogens (primary N) is 1. The molecule has 0 aliphatic carbocycles. The first kappa shape index (κ1) is 14.4. The summed E-state index contributed by atoms with van der Waals surface area (Å²) in [6, 6.07) is 15.1. The van der Waals surface area contributed by atoms with Crippen LogP contribution in [-0.2, 0) is 6.42 Å². The Hall–Kier alpha value is -2.53. The van der Waals surface area contributed by atoms with Crippen LogP contribution in [0.25, 0.3) is 11.4 Å². The Balaban J connectivity index is 1.59. The van der Waals surface area contributed by atoms with Crippen molar-refractivity contribution in [3.63, 3.8) is 0 Å². The Morgan fingerprint density at radius 3 is 2.73 bits per heavy atom. The topological polar surface area (TPSA) is 79.6 Å². The average molecular weight is 314 g/mol. The lowest BCUT2D eigenvalue weighted by atomic mass is 10.2. The molecule has 5 nitrogen and oxygen atoms in total. The van der Waals surface area contributed by atoms with E-state index in [9.17, 15) is 0 Å². The zero-order valence-electron chi connectivity index (χ0n) is 11.9. The van der Waals surface area contributed by atoms with E-state index >= 15 is 0 Å². The first-order chi connectivity index (χ1) is 10.7. The molecule has 0 radical (unpaired) electrons. The molecule has 0 amide bonds. The maximum Gasteiger partial charge on any atom is 0.181 e. The molecule has 1 aromatic heterocycles. The van der Waals surface area contributed by atoms with Gasteiger partial charge in [-0.25, -0.2) is 4.98 Å². The van der Waals surface area contributed by atoms with Gasteiger partial charge in [-0.05, 0) is 36.4 Å². The molecule has 3 aromatic rings. The van der Waals surface area contributed by atoms with E-state index < -0.39 is 0 Å². The normalized spacial score (nSPS) is 10.6. The van der Waals surface area contributed by atoms with Crippen molar-refractivity contribution in [3.05, 3.63) is 59.4 Å². The van der Waals surface area contributed by atoms with Gasteiger partial charge in [-0.1, -0.05) is 23.7 Å². The van der Waals surface area contributed by atoms with Crippen molar-refractivity contribution in [2.24, 2.45) is 0 Å². The van der Waals surface area contributed by atoms with Gasteiger partial charge < -0.3 is 11.1 Å². The van der Waals surface area contributed by atoms with Gasteiger partial charge in [0, 0.05) is 34.9 Å². The Bertz CT molecular complexity index is 751. The van der Waals surface area contributed by atoms with Gasteiger partial charge in [-0.2, -0.15) is 5.10 Å². The van der Waals surface area contributed by atoms with E-state index in [4.69, 9.17) is 17.3 Å². The molecular formula is C16H16ClN5. The smallest absolute Gasteiger partial charge is 0.181 e. The monoisotopic (exact) mass is 313 g/mol. The molecule has 112 valence electrons. The van der Waals surface area contributed by atoms with Crippen molar-refractivity contribution in [1.29, 1.82) is 0 Å². The van der Waals surface area contributed by atoms with E-state index in [1.807, 2.05) is 48.5 Å². The number of nitrogens with zero attached hydrogens (tertiary/aromatic N) is 2. The van der Waals surface area contributed by atoms with Gasteiger partial charge in [0.1, 0.15) is 5.82 Å². The molecule has 0 spiro atoms. The van der Waals surface area contributed by atoms with Crippen LogP contribution in [0.5, 0.6) is 0 Å². The first-order valence-electron chi connectivity index (χ1n) is 6.97. The van der Waals surface area contributed by atoms with Gasteiger partial charge in [0.15, 0.2) is 5.82 Å². The van der Waals surface area contributed by atoms with Crippen LogP contribution in [0.2, 0.25) is 5.02 Å². The third kappa shape index (κ3) is 3.56. The highest BCUT2D eigenvalue weighted by Crippen LogP contribution is 2.17. The number of H-pyrrole nitrogens is 1. The van der Waals surface area contributed by atoms with Crippen LogP contribution in [0, 0.1) is 0 Å². The quantitative estimate of drug-likeness (QED) is 0.631. The molecule has 2 aromatic carbocycles. The van der Waals surface area contributed by atoms with Crippen LogP contribution >= 0.6 is 11.6 Å². The summed E-state index contributed by atoms with van der Waals surface area (Å²) >= 11 is 5.85. The predicted octanol–water partition coefficient (Wildman–Crippen LogP) is 3.36. The molecule has 0 atom stereocenters. The molecule has 22 heavy (non-hydrogen) atoms. The number of benzene rings is 2. The SMILES string of the molecule is Nc1cccc(-c2n[nH]c(CCNc3ccc(Cl)cc3)n2)c1. The Kier molecular flexibility index (Phi) is 4.25. The fourth-order valence-electron chi connectivity index (χ4n) is 2.11. The summed E-state index contributed by atoms with van der Waals surface area (Å²) in [7, 11) is 0. The average Bonchev–Trinajstić information content (AvgIpc) is 2.98. The molecule has 0 saturated heterocycles. The van der Waals surface area contributed by atoms with E-state index in [-0.39, 0.29) is 0 Å². The fourth-order valence-corrected chi connectivity index (χ4v) is 2.23. The third-order valence-electron chi connectivity index (χ3n) is 3.21. The summed E-state index contributed by atoms with van der Waals surface area (Å²) in [5.74, 6) is 1.49. The largest absolute Gasteiger partial charge is 0.399 e. The number of halogens is 1. The molecule has 0 fully saturated rings. The van der Waals surface area contributed by atoms with E-state index in [1.165, 1.54) is 0 Å². The Morgan fingerprint density at radius 1 is 1.14 bits per heavy atom. The maximum absolute atomic E-state index is 5.85. The Morgan fingerprint density at radius 2 is 1.95 bits per heavy atom. The summed E-state index contributed by atoms with van der Waals surface area (Å²) in [6.07, 6.45) is 0.748. The van der Waals surface area contributed by atoms with Crippen molar-refractivity contribution < 1.29 is 0 Å². The minimum absolute atomic E-state index is 0.661. The molecule has 0 aliphatic rings. The van der Waals surface area contributed by atoms with E-state index in [1.54, 1.807) is 0 Å². The highest BCUT2D eigenvalue weighted by Gasteiger charge is 2.06. The van der Waals surface area contributed by atoms with E-state index in [2.05, 4.69) is 20.5 Å². The summed E-state index contributed by atoms with van der Waals surface area (Å²) in [6.45, 7) is 0.757. The van der Waals surface area contributed by atoms with Crippen LogP contribution in [0.1, 0.15) is 5.82 Å². The number of aromatic nitrogens is 3. The summed E-state index contributed by atoms with van der Waals surface area (Å²) in [5.41, 5.74) is 8.41. The number of anilines is 2. The zero-order valence-corrected chi connectivity index (χ0v) is 12.6. The van der Waals surface area contributed by atoms with Crippen molar-refractivity contribution >= 4 is 23.0 Å². The number of hydrogen-bond acceptors (Lipinski definition) is 4. The summed E-state index contributed by atoms with van der Waals surface area (Å²) in [5, 5.41) is 11.2. The molecule has 0 bridgehead atoms. The van der Waals surface area contributed by atoms with Crippen LogP contribution in [0.15, 0.2) is 48.5 Å². The van der Waals surface area contributed by atoms with Crippen molar-refractivity contribution in [1.82, 2.24) is 15.2 Å². The highest BCUT2D eigenvalue weighted by molar-refractivity contribution is 6.30. The number of hydrogen-bond donors (Lipinski definition) is 3. The second-order valence-corrected chi connectivity index (χ2v) is 5.35. The molecular weight excluding hydrogens is 298 g/mol. The maximum atomic E-state index is 5.85. The van der Waals surface area contributed by atoms with Gasteiger partial charge in [0.05, 0.1) is 0 Å². The first-order valence-corrected chi connectivity index (χ1v) is 7.35. The van der Waals surface area contributed by atoms with Gasteiger partial charge >= 0.3 is 0 Å². The van der Waals surface area contributed by atoms with Gasteiger partial charge in [-0.15, -0.1) is 0 Å². The molecule has 0 saturated carbocycles. The molecule has 6 heteroatoms. The van der Waals surface area contributed by atoms with E-state index in [0.717, 1.165) is 35.1 Å². The fraction of sp³-hybridized carbons (Fsp3) is 0.125. The molecule has 4 N–H and O–H groups in total. The van der Waals surface area contributed by atoms with Gasteiger partial charge in [0.25, 0.3) is 0 Å². The molecule has 0 aliphatic heterocycles. The van der Waals surface area contributed by atoms with Crippen molar-refractivity contribution in [3.8, 4) is 11.4 Å². The third-order valence-corrected chi connectivity index (χ3v) is 3.46. The van der Waals surface area contributed by atoms with Crippen LogP contribution < -0.4 is 11.1 Å². The van der Waals surface area contributed by atoms with E-state index in [0.29, 0.717) is 11.5 Å². The molecule has 0 unspecified atom stereocenters. The zero-order chi connectivity index (χ0) is 15.4. The van der Waals surface area contributed by atoms with Gasteiger partial charge in [-0.3, -0.25) is 5.10 Å². The highest BCUT2D eigenvalue weighted by atomic mass is 35.5. The second kappa shape index (κ2) is 6.49. The molecule has 3 rings (SSSR count). The van der Waals surface area contributed by atoms with Crippen LogP contribution in [-0.4, -0.2) is 21.7 Å². The lowest BCUT2D eigenvalue weighted by molar-refractivity contribution is 0.901. The van der Waals surface area contributed by atoms with Crippen molar-refractivity contribution in [2.75, 3.05) is 17.6 Å². The number of rotatable bonds is 5. The lowest BCUT2D eigenvalue weighted by Gasteiger charge is -2.04. The predicted molar refractivity (Wildman–Crippen MR) is 89.9 cm³/mol. The van der Waals surface area contributed by atoms with Crippen LogP contribution in [0.3, 0.4) is 0 Å². The standard InChI is InChI=1S/C16H16ClN5/c17-12-4-6-14(7-5-12)19-9-8-15-20-16(22-21-15)11-2-1-3-13(18)10-11/h1-7,10,19H,8-9,18H2,(H,20,21,22). The lowest BCUT2D eigenvalue weighted by Crippen LogP contribution is -2.05. The number of nitrogens with one attached hydrogen (secondary N) is 2. The minimum Gasteiger partial charge on any atom is -0.399 e.